The van der Waals surface area contributed by atoms with Crippen molar-refractivity contribution in [2.24, 2.45) is 4.99 Å². The topological polar surface area (TPSA) is 178 Å². The van der Waals surface area contributed by atoms with E-state index < -0.39 is 23.3 Å². The Hall–Kier alpha value is -5.69. The third-order valence-corrected chi connectivity index (χ3v) is 12.1. The van der Waals surface area contributed by atoms with Crippen molar-refractivity contribution >= 4 is 34.8 Å². The summed E-state index contributed by atoms with van der Waals surface area (Å²) in [5.41, 5.74) is 10.6. The molecule has 4 atom stereocenters. The van der Waals surface area contributed by atoms with E-state index in [1.54, 1.807) is 13.0 Å². The Labute approximate surface area is 337 Å². The van der Waals surface area contributed by atoms with Gasteiger partial charge < -0.3 is 39.7 Å². The number of phenolic OH excluding ortho intramolecular Hbond substituents is 1. The van der Waals surface area contributed by atoms with Crippen LogP contribution in [0.5, 0.6) is 11.5 Å². The number of epoxide rings is 1. The minimum absolute atomic E-state index is 0.0983. The van der Waals surface area contributed by atoms with Crippen LogP contribution < -0.4 is 21.2 Å². The SMILES string of the molecule is CCCCCNc1cc(-c2cc(CC[C@H]3O[C@@]34CCC[C@H]3c5c(cc6oc(C)cc(=O)c6c5O)OC(C)(C)[C@@H]3OC4=O)cc(N)n2)cc(CN2C=C3N=CC=C3C2)n1. The van der Waals surface area contributed by atoms with Crippen LogP contribution in [0.2, 0.25) is 0 Å². The third-order valence-electron chi connectivity index (χ3n) is 12.1. The van der Waals surface area contributed by atoms with Crippen LogP contribution in [0.25, 0.3) is 22.2 Å². The molecule has 4 aromatic rings. The summed E-state index contributed by atoms with van der Waals surface area (Å²) in [5, 5.41) is 15.1. The van der Waals surface area contributed by atoms with Gasteiger partial charge in [-0.05, 0) is 95.2 Å². The van der Waals surface area contributed by atoms with Crippen molar-refractivity contribution in [1.82, 2.24) is 14.9 Å². The molecule has 2 saturated heterocycles. The fraction of sp³-hybridized carbons (Fsp3) is 0.444. The molecule has 0 amide bonds. The normalized spacial score (nSPS) is 24.0. The lowest BCUT2D eigenvalue weighted by Gasteiger charge is -2.45. The first kappa shape index (κ1) is 37.9. The number of aromatic hydroxyl groups is 1. The number of pyridine rings is 2. The van der Waals surface area contributed by atoms with Gasteiger partial charge in [-0.1, -0.05) is 19.8 Å². The van der Waals surface area contributed by atoms with Gasteiger partial charge in [0.2, 0.25) is 0 Å². The Morgan fingerprint density at radius 3 is 2.78 bits per heavy atom. The number of aliphatic imine (C=N–C) groups is 1. The van der Waals surface area contributed by atoms with Gasteiger partial charge >= 0.3 is 5.97 Å². The molecule has 0 unspecified atom stereocenters. The number of carbonyl (C=O) groups excluding carboxylic acids is 1. The number of fused-ring (bicyclic) bond motifs is 5. The van der Waals surface area contributed by atoms with Gasteiger partial charge in [0.25, 0.3) is 0 Å². The van der Waals surface area contributed by atoms with E-state index in [1.165, 1.54) is 11.6 Å². The number of hydrogen-bond donors (Lipinski definition) is 3. The van der Waals surface area contributed by atoms with E-state index in [9.17, 15) is 14.7 Å². The molecular weight excluding hydrogens is 737 g/mol. The highest BCUT2D eigenvalue weighted by atomic mass is 16.7. The molecule has 0 radical (unpaired) electrons. The summed E-state index contributed by atoms with van der Waals surface area (Å²) in [6.45, 7) is 9.88. The number of unbranched alkanes of at least 4 members (excludes halogenated alkanes) is 2. The molecule has 0 saturated carbocycles. The monoisotopic (exact) mass is 786 g/mol. The van der Waals surface area contributed by atoms with Crippen LogP contribution in [0.1, 0.15) is 94.2 Å². The summed E-state index contributed by atoms with van der Waals surface area (Å²) in [5.74, 6) is 1.08. The van der Waals surface area contributed by atoms with Crippen molar-refractivity contribution in [2.45, 2.75) is 115 Å². The summed E-state index contributed by atoms with van der Waals surface area (Å²) in [4.78, 5) is 43.4. The van der Waals surface area contributed by atoms with Crippen LogP contribution in [0.3, 0.4) is 0 Å². The zero-order valence-corrected chi connectivity index (χ0v) is 33.5. The number of aryl methyl sites for hydroxylation is 2. The number of ether oxygens (including phenoxy) is 3. The Bertz CT molecular complexity index is 2470. The maximum absolute atomic E-state index is 14.1. The van der Waals surface area contributed by atoms with Crippen molar-refractivity contribution in [3.8, 4) is 22.8 Å². The Morgan fingerprint density at radius 1 is 1.09 bits per heavy atom. The second-order valence-corrected chi connectivity index (χ2v) is 16.8. The van der Waals surface area contributed by atoms with Crippen LogP contribution in [-0.2, 0) is 27.2 Å². The lowest BCUT2D eigenvalue weighted by atomic mass is 9.76. The van der Waals surface area contributed by atoms with Gasteiger partial charge in [0.05, 0.1) is 29.7 Å². The van der Waals surface area contributed by atoms with Crippen molar-refractivity contribution in [2.75, 3.05) is 24.1 Å². The van der Waals surface area contributed by atoms with Crippen molar-refractivity contribution in [1.29, 1.82) is 0 Å². The molecule has 302 valence electrons. The van der Waals surface area contributed by atoms with Gasteiger partial charge in [-0.15, -0.1) is 0 Å². The molecule has 2 fully saturated rings. The predicted molar refractivity (Wildman–Crippen MR) is 221 cm³/mol. The first-order chi connectivity index (χ1) is 27.9. The third kappa shape index (κ3) is 6.99. The molecule has 9 rings (SSSR count). The quantitative estimate of drug-likeness (QED) is 0.0790. The lowest BCUT2D eigenvalue weighted by molar-refractivity contribution is -0.173. The smallest absolute Gasteiger partial charge is 0.341 e. The van der Waals surface area contributed by atoms with Crippen molar-refractivity contribution in [3.05, 3.63) is 92.7 Å². The van der Waals surface area contributed by atoms with Gasteiger partial charge in [0, 0.05) is 60.3 Å². The number of nitrogens with two attached hydrogens (primary N) is 1. The van der Waals surface area contributed by atoms with Crippen molar-refractivity contribution < 1.29 is 28.5 Å². The number of anilines is 2. The van der Waals surface area contributed by atoms with Crippen LogP contribution in [-0.4, -0.2) is 68.7 Å². The molecule has 4 N–H and O–H groups in total. The van der Waals surface area contributed by atoms with Gasteiger partial charge in [-0.3, -0.25) is 9.79 Å². The molecular formula is C45H50N6O7. The average molecular weight is 787 g/mol. The van der Waals surface area contributed by atoms with E-state index >= 15 is 0 Å². The highest BCUT2D eigenvalue weighted by Gasteiger charge is 2.65. The highest BCUT2D eigenvalue weighted by Crippen LogP contribution is 2.54. The maximum Gasteiger partial charge on any atom is 0.341 e. The van der Waals surface area contributed by atoms with E-state index in [0.717, 1.165) is 66.4 Å². The molecule has 3 aromatic heterocycles. The van der Waals surface area contributed by atoms with Crippen LogP contribution in [0.15, 0.2) is 74.1 Å². The van der Waals surface area contributed by atoms with E-state index in [4.69, 9.17) is 34.3 Å². The summed E-state index contributed by atoms with van der Waals surface area (Å²) < 4.78 is 24.8. The maximum atomic E-state index is 14.1. The molecule has 0 aliphatic carbocycles. The number of phenols is 1. The lowest BCUT2D eigenvalue weighted by Crippen LogP contribution is -2.53. The van der Waals surface area contributed by atoms with Gasteiger partial charge in [-0.2, -0.15) is 0 Å². The molecule has 1 spiro atoms. The number of hydrogen-bond acceptors (Lipinski definition) is 13. The number of carbonyl (C=O) groups is 1. The largest absolute Gasteiger partial charge is 0.507 e. The second kappa shape index (κ2) is 14.6. The molecule has 5 aliphatic rings. The Morgan fingerprint density at radius 2 is 1.95 bits per heavy atom. The van der Waals surface area contributed by atoms with E-state index in [1.807, 2.05) is 32.2 Å². The summed E-state index contributed by atoms with van der Waals surface area (Å²) in [6, 6.07) is 11.1. The van der Waals surface area contributed by atoms with Crippen LogP contribution in [0.4, 0.5) is 11.6 Å². The first-order valence-corrected chi connectivity index (χ1v) is 20.5. The number of benzene rings is 1. The highest BCUT2D eigenvalue weighted by molar-refractivity contribution is 5.88. The zero-order chi connectivity index (χ0) is 40.3. The Kier molecular flexibility index (Phi) is 9.53. The molecule has 13 heteroatoms. The fourth-order valence-electron chi connectivity index (χ4n) is 9.24. The van der Waals surface area contributed by atoms with Crippen LogP contribution >= 0.6 is 0 Å². The number of nitrogens with one attached hydrogen (secondary N) is 1. The zero-order valence-electron chi connectivity index (χ0n) is 33.5. The fourth-order valence-corrected chi connectivity index (χ4v) is 9.24. The first-order valence-electron chi connectivity index (χ1n) is 20.5. The molecule has 1 aromatic carbocycles. The number of allylic oxidation sites excluding steroid dienone is 1. The average Bonchev–Trinajstić information content (AvgIpc) is 3.49. The Balaban J connectivity index is 0.915. The van der Waals surface area contributed by atoms with Gasteiger partial charge in [-0.25, -0.2) is 14.8 Å². The van der Waals surface area contributed by atoms with Crippen molar-refractivity contribution in [3.63, 3.8) is 0 Å². The van der Waals surface area contributed by atoms with Gasteiger partial charge in [0.15, 0.2) is 11.0 Å². The molecule has 5 aliphatic heterocycles. The summed E-state index contributed by atoms with van der Waals surface area (Å²) in [7, 11) is 0. The second-order valence-electron chi connectivity index (χ2n) is 16.8. The molecule has 0 bridgehead atoms. The number of aromatic nitrogens is 2. The standard InChI is InChI=1S/C45H50N6O7/c1-5-6-7-14-48-38-20-28(19-29(49-38)23-51-22-27-12-15-47-32(27)24-51)31-17-26(18-37(46)50-31)10-11-36-45(58-36)13-8-9-30-39-35(57-44(3,4)42(30)56-43(45)54)21-34-40(41(39)53)33(52)16-25(2)55-34/h12,15-21,24,30,36,42,53H,5-11,13-14,22-23H2,1-4H3,(H2,46,50)(H,48,49)/t30-,36+,42+,45-/m0/s1. The number of rotatable bonds is 11. The number of nitrogens with zero attached hydrogens (tertiary/aromatic N) is 4. The molecule has 13 nitrogen and oxygen atoms in total. The van der Waals surface area contributed by atoms with E-state index in [2.05, 4.69) is 46.5 Å². The summed E-state index contributed by atoms with van der Waals surface area (Å²) in [6.07, 6.45) is 11.2. The van der Waals surface area contributed by atoms with Crippen LogP contribution in [0, 0.1) is 6.92 Å². The summed E-state index contributed by atoms with van der Waals surface area (Å²) >= 11 is 0. The van der Waals surface area contributed by atoms with E-state index in [-0.39, 0.29) is 34.2 Å². The minimum Gasteiger partial charge on any atom is -0.507 e. The van der Waals surface area contributed by atoms with Gasteiger partial charge in [0.1, 0.15) is 51.6 Å². The number of nitrogen functional groups attached to an aromatic ring is 1. The van der Waals surface area contributed by atoms with E-state index in [0.29, 0.717) is 61.5 Å². The minimum atomic E-state index is -1.06. The molecule has 58 heavy (non-hydrogen) atoms. The predicted octanol–water partition coefficient (Wildman–Crippen LogP) is 7.24. The molecule has 8 heterocycles. The number of esters is 1.